The average molecular weight is 234 g/mol. The van der Waals surface area contributed by atoms with Crippen LogP contribution >= 0.6 is 0 Å². The molecule has 0 amide bonds. The van der Waals surface area contributed by atoms with Crippen molar-refractivity contribution in [3.05, 3.63) is 24.0 Å². The fourth-order valence-electron chi connectivity index (χ4n) is 2.95. The number of aromatic nitrogens is 1. The highest BCUT2D eigenvalue weighted by atomic mass is 15.0. The van der Waals surface area contributed by atoms with E-state index in [2.05, 4.69) is 42.1 Å². The van der Waals surface area contributed by atoms with Gasteiger partial charge in [0.1, 0.15) is 0 Å². The number of nitrogens with one attached hydrogen (secondary N) is 1. The van der Waals surface area contributed by atoms with Crippen molar-refractivity contribution < 1.29 is 0 Å². The summed E-state index contributed by atoms with van der Waals surface area (Å²) in [5.74, 6) is 0.836. The Balaban J connectivity index is 1.88. The van der Waals surface area contributed by atoms with Crippen LogP contribution in [-0.4, -0.2) is 10.6 Å². The van der Waals surface area contributed by atoms with Gasteiger partial charge in [0, 0.05) is 31.0 Å². The van der Waals surface area contributed by atoms with E-state index >= 15 is 0 Å². The first-order chi connectivity index (χ1) is 8.31. The molecular weight excluding hydrogens is 208 g/mol. The fourth-order valence-corrected chi connectivity index (χ4v) is 2.95. The molecule has 1 aliphatic carbocycles. The Labute approximate surface area is 105 Å². The van der Waals surface area contributed by atoms with Gasteiger partial charge in [-0.1, -0.05) is 26.2 Å². The van der Waals surface area contributed by atoms with Crippen LogP contribution in [0.5, 0.6) is 0 Å². The molecule has 0 spiro atoms. The molecule has 96 valence electrons. The Morgan fingerprint density at radius 1 is 1.29 bits per heavy atom. The van der Waals surface area contributed by atoms with Crippen LogP contribution in [0, 0.1) is 5.92 Å². The molecule has 2 unspecified atom stereocenters. The van der Waals surface area contributed by atoms with E-state index in [1.54, 1.807) is 0 Å². The van der Waals surface area contributed by atoms with Crippen molar-refractivity contribution in [2.24, 2.45) is 5.92 Å². The second kappa shape index (κ2) is 6.25. The van der Waals surface area contributed by atoms with E-state index in [9.17, 15) is 0 Å². The van der Waals surface area contributed by atoms with Gasteiger partial charge in [-0.2, -0.15) is 0 Å². The molecule has 0 saturated heterocycles. The molecule has 1 saturated carbocycles. The van der Waals surface area contributed by atoms with Gasteiger partial charge in [0.05, 0.1) is 0 Å². The lowest BCUT2D eigenvalue weighted by Gasteiger charge is -2.23. The van der Waals surface area contributed by atoms with Crippen molar-refractivity contribution in [2.45, 2.75) is 65.1 Å². The largest absolute Gasteiger partial charge is 0.351 e. The summed E-state index contributed by atoms with van der Waals surface area (Å²) in [6.45, 7) is 6.71. The van der Waals surface area contributed by atoms with Gasteiger partial charge in [0.2, 0.25) is 0 Å². The molecule has 0 bridgehead atoms. The Kier molecular flexibility index (Phi) is 4.66. The van der Waals surface area contributed by atoms with Crippen molar-refractivity contribution >= 4 is 0 Å². The SMILES string of the molecule is CCn1cccc1CNC1CCCCCC1C. The van der Waals surface area contributed by atoms with Crippen LogP contribution < -0.4 is 5.32 Å². The third-order valence-corrected chi connectivity index (χ3v) is 4.17. The third-order valence-electron chi connectivity index (χ3n) is 4.17. The van der Waals surface area contributed by atoms with Crippen molar-refractivity contribution in [1.29, 1.82) is 0 Å². The Morgan fingerprint density at radius 3 is 2.94 bits per heavy atom. The molecule has 17 heavy (non-hydrogen) atoms. The molecule has 1 fully saturated rings. The lowest BCUT2D eigenvalue weighted by Crippen LogP contribution is -2.34. The highest BCUT2D eigenvalue weighted by molar-refractivity contribution is 5.07. The topological polar surface area (TPSA) is 17.0 Å². The van der Waals surface area contributed by atoms with Crippen LogP contribution in [0.4, 0.5) is 0 Å². The summed E-state index contributed by atoms with van der Waals surface area (Å²) in [5, 5.41) is 3.77. The van der Waals surface area contributed by atoms with Crippen LogP contribution in [0.3, 0.4) is 0 Å². The van der Waals surface area contributed by atoms with E-state index in [0.29, 0.717) is 0 Å². The van der Waals surface area contributed by atoms with Crippen molar-refractivity contribution in [3.8, 4) is 0 Å². The average Bonchev–Trinajstić information content (AvgIpc) is 2.70. The zero-order chi connectivity index (χ0) is 12.1. The zero-order valence-corrected chi connectivity index (χ0v) is 11.3. The minimum Gasteiger partial charge on any atom is -0.351 e. The second-order valence-electron chi connectivity index (χ2n) is 5.39. The predicted octanol–water partition coefficient (Wildman–Crippen LogP) is 3.57. The molecular formula is C15H26N2. The minimum absolute atomic E-state index is 0.720. The molecule has 1 aromatic rings. The molecule has 2 heteroatoms. The lowest BCUT2D eigenvalue weighted by molar-refractivity contribution is 0.352. The Hall–Kier alpha value is -0.760. The van der Waals surface area contributed by atoms with Crippen molar-refractivity contribution in [2.75, 3.05) is 0 Å². The molecule has 1 aromatic heterocycles. The predicted molar refractivity (Wildman–Crippen MR) is 73.0 cm³/mol. The number of aryl methyl sites for hydroxylation is 1. The highest BCUT2D eigenvalue weighted by Crippen LogP contribution is 2.23. The first-order valence-electron chi connectivity index (χ1n) is 7.18. The molecule has 1 aliphatic rings. The van der Waals surface area contributed by atoms with Gasteiger partial charge in [0.25, 0.3) is 0 Å². The maximum atomic E-state index is 3.77. The van der Waals surface area contributed by atoms with Crippen LogP contribution in [0.25, 0.3) is 0 Å². The molecule has 0 radical (unpaired) electrons. The van der Waals surface area contributed by atoms with Gasteiger partial charge in [-0.25, -0.2) is 0 Å². The Bertz CT molecular complexity index is 329. The zero-order valence-electron chi connectivity index (χ0n) is 11.3. The Morgan fingerprint density at radius 2 is 2.12 bits per heavy atom. The fraction of sp³-hybridized carbons (Fsp3) is 0.733. The molecule has 1 N–H and O–H groups in total. The van der Waals surface area contributed by atoms with Crippen molar-refractivity contribution in [3.63, 3.8) is 0 Å². The second-order valence-corrected chi connectivity index (χ2v) is 5.39. The maximum absolute atomic E-state index is 3.77. The summed E-state index contributed by atoms with van der Waals surface area (Å²) in [6.07, 6.45) is 9.17. The van der Waals surface area contributed by atoms with Gasteiger partial charge < -0.3 is 9.88 Å². The summed E-state index contributed by atoms with van der Waals surface area (Å²) >= 11 is 0. The van der Waals surface area contributed by atoms with Gasteiger partial charge in [-0.3, -0.25) is 0 Å². The number of rotatable bonds is 4. The van der Waals surface area contributed by atoms with Crippen LogP contribution in [-0.2, 0) is 13.1 Å². The van der Waals surface area contributed by atoms with Crippen molar-refractivity contribution in [1.82, 2.24) is 9.88 Å². The molecule has 2 nitrogen and oxygen atoms in total. The van der Waals surface area contributed by atoms with Gasteiger partial charge in [-0.15, -0.1) is 0 Å². The molecule has 1 heterocycles. The van der Waals surface area contributed by atoms with Crippen LogP contribution in [0.2, 0.25) is 0 Å². The van der Waals surface area contributed by atoms with Gasteiger partial charge in [-0.05, 0) is 37.8 Å². The molecule has 0 aromatic carbocycles. The first kappa shape index (κ1) is 12.7. The summed E-state index contributed by atoms with van der Waals surface area (Å²) in [5.41, 5.74) is 1.42. The number of hydrogen-bond acceptors (Lipinski definition) is 1. The van der Waals surface area contributed by atoms with E-state index < -0.39 is 0 Å². The maximum Gasteiger partial charge on any atom is 0.0361 e. The normalized spacial score (nSPS) is 25.8. The minimum atomic E-state index is 0.720. The number of nitrogens with zero attached hydrogens (tertiary/aromatic N) is 1. The quantitative estimate of drug-likeness (QED) is 0.788. The lowest BCUT2D eigenvalue weighted by atomic mass is 9.97. The summed E-state index contributed by atoms with van der Waals surface area (Å²) in [4.78, 5) is 0. The van der Waals surface area contributed by atoms with E-state index in [4.69, 9.17) is 0 Å². The monoisotopic (exact) mass is 234 g/mol. The van der Waals surface area contributed by atoms with E-state index in [-0.39, 0.29) is 0 Å². The molecule has 2 atom stereocenters. The summed E-state index contributed by atoms with van der Waals surface area (Å²) in [7, 11) is 0. The van der Waals surface area contributed by atoms with E-state index in [1.165, 1.54) is 37.8 Å². The third kappa shape index (κ3) is 3.35. The molecule has 0 aliphatic heterocycles. The summed E-state index contributed by atoms with van der Waals surface area (Å²) < 4.78 is 2.33. The van der Waals surface area contributed by atoms with Crippen LogP contribution in [0.15, 0.2) is 18.3 Å². The van der Waals surface area contributed by atoms with E-state index in [1.807, 2.05) is 0 Å². The van der Waals surface area contributed by atoms with Gasteiger partial charge >= 0.3 is 0 Å². The smallest absolute Gasteiger partial charge is 0.0361 e. The van der Waals surface area contributed by atoms with Gasteiger partial charge in [0.15, 0.2) is 0 Å². The molecule has 2 rings (SSSR count). The van der Waals surface area contributed by atoms with Crippen LogP contribution in [0.1, 0.15) is 51.6 Å². The first-order valence-corrected chi connectivity index (χ1v) is 7.18. The highest BCUT2D eigenvalue weighted by Gasteiger charge is 2.19. The standard InChI is InChI=1S/C15H26N2/c1-3-17-11-7-9-14(17)12-16-15-10-6-4-5-8-13(15)2/h7,9,11,13,15-16H,3-6,8,10,12H2,1-2H3. The summed E-state index contributed by atoms with van der Waals surface area (Å²) in [6, 6.07) is 5.10. The number of hydrogen-bond donors (Lipinski definition) is 1. The van der Waals surface area contributed by atoms with E-state index in [0.717, 1.165) is 25.0 Å².